The van der Waals surface area contributed by atoms with E-state index in [9.17, 15) is 9.90 Å². The van der Waals surface area contributed by atoms with Crippen molar-refractivity contribution in [2.75, 3.05) is 40.5 Å². The molecule has 0 atom stereocenters. The van der Waals surface area contributed by atoms with Crippen LogP contribution in [0, 0.1) is 0 Å². The number of hydrogen-bond acceptors (Lipinski definition) is 4. The molecule has 0 saturated heterocycles. The summed E-state index contributed by atoms with van der Waals surface area (Å²) in [6, 6.07) is 0. The number of hydrogen-bond donors (Lipinski definition) is 1. The number of aliphatic carboxylic acids is 1. The summed E-state index contributed by atoms with van der Waals surface area (Å²) in [5, 5.41) is 12.1. The Balaban J connectivity index is 0. The van der Waals surface area contributed by atoms with Crippen molar-refractivity contribution in [3.63, 3.8) is 0 Å². The minimum atomic E-state index is -1.09. The first kappa shape index (κ1) is 22.4. The smallest absolute Gasteiger partial charge is 0.0993 e. The lowest BCUT2D eigenvalue weighted by atomic mass is 10.1. The van der Waals surface area contributed by atoms with Gasteiger partial charge >= 0.3 is 0 Å². The third-order valence-corrected chi connectivity index (χ3v) is 2.78. The Hall–Kier alpha value is -0.910. The molecule has 0 aromatic carbocycles. The van der Waals surface area contributed by atoms with E-state index in [1.54, 1.807) is 20.3 Å². The van der Waals surface area contributed by atoms with E-state index >= 15 is 0 Å². The van der Waals surface area contributed by atoms with E-state index in [1.807, 2.05) is 0 Å². The summed E-state index contributed by atoms with van der Waals surface area (Å²) in [4.78, 5) is 9.94. The van der Waals surface area contributed by atoms with E-state index in [1.165, 1.54) is 25.7 Å². The molecule has 2 N–H and O–H groups in total. The summed E-state index contributed by atoms with van der Waals surface area (Å²) in [5.74, 6) is -1.09. The first-order valence-corrected chi connectivity index (χ1v) is 7.86. The highest BCUT2D eigenvalue weighted by atomic mass is 16.5. The van der Waals surface area contributed by atoms with Crippen LogP contribution in [0.4, 0.5) is 0 Å². The lowest BCUT2D eigenvalue weighted by molar-refractivity contribution is -0.657. The molecule has 0 aromatic heterocycles. The third-order valence-electron chi connectivity index (χ3n) is 2.78. The Bertz CT molecular complexity index is 226. The van der Waals surface area contributed by atoms with E-state index in [2.05, 4.69) is 12.2 Å². The lowest BCUT2D eigenvalue weighted by Crippen LogP contribution is -2.86. The molecule has 0 aliphatic carbocycles. The number of unbranched alkanes of at least 4 members (excludes halogenated alkanes) is 5. The number of carbonyl (C=O) groups is 1. The van der Waals surface area contributed by atoms with Gasteiger partial charge in [-0.1, -0.05) is 38.7 Å². The maximum Gasteiger partial charge on any atom is 0.0993 e. The predicted molar refractivity (Wildman–Crippen MR) is 82.9 cm³/mol. The van der Waals surface area contributed by atoms with E-state index in [0.29, 0.717) is 0 Å². The molecule has 5 nitrogen and oxygen atoms in total. The Kier molecular flexibility index (Phi) is 22.8. The zero-order chi connectivity index (χ0) is 16.2. The van der Waals surface area contributed by atoms with Crippen molar-refractivity contribution in [3.8, 4) is 0 Å². The van der Waals surface area contributed by atoms with Crippen LogP contribution in [-0.4, -0.2) is 46.5 Å². The molecule has 0 amide bonds. The molecular formula is C16H33NO4. The number of nitrogens with two attached hydrogens (primary N) is 1. The standard InChI is InChI=1S/C10H18O2.C6H15NO2/c1-2-3-4-5-6-7-8-9-10(11)12;1-8-5-3-7-4-6-9-2/h8-9H,2-7H2,1H3,(H,11,12);7H,3-6H2,1-2H3. The van der Waals surface area contributed by atoms with Gasteiger partial charge in [0.25, 0.3) is 0 Å². The van der Waals surface area contributed by atoms with Gasteiger partial charge in [0.05, 0.1) is 32.3 Å². The van der Waals surface area contributed by atoms with Gasteiger partial charge in [-0.05, 0) is 18.9 Å². The normalized spacial score (nSPS) is 10.4. The molecule has 0 radical (unpaired) electrons. The SMILES string of the molecule is CCCCCCCC=CC(=O)[O-].COCC[NH2+]CCOC. The van der Waals surface area contributed by atoms with Gasteiger partial charge in [0, 0.05) is 14.2 Å². The van der Waals surface area contributed by atoms with Gasteiger partial charge < -0.3 is 24.7 Å². The number of quaternary nitrogens is 1. The first-order valence-electron chi connectivity index (χ1n) is 7.86. The van der Waals surface area contributed by atoms with Gasteiger partial charge in [-0.3, -0.25) is 0 Å². The minimum Gasteiger partial charge on any atom is -0.545 e. The fourth-order valence-corrected chi connectivity index (χ4v) is 1.59. The van der Waals surface area contributed by atoms with Crippen LogP contribution in [0.5, 0.6) is 0 Å². The summed E-state index contributed by atoms with van der Waals surface area (Å²) in [7, 11) is 3.42. The molecule has 126 valence electrons. The Morgan fingerprint density at radius 1 is 1.05 bits per heavy atom. The Morgan fingerprint density at radius 2 is 1.62 bits per heavy atom. The summed E-state index contributed by atoms with van der Waals surface area (Å²) in [5.41, 5.74) is 0. The highest BCUT2D eigenvalue weighted by molar-refractivity contribution is 5.77. The van der Waals surface area contributed by atoms with Crippen molar-refractivity contribution in [2.24, 2.45) is 0 Å². The van der Waals surface area contributed by atoms with Crippen molar-refractivity contribution in [3.05, 3.63) is 12.2 Å². The fourth-order valence-electron chi connectivity index (χ4n) is 1.59. The van der Waals surface area contributed by atoms with Crippen molar-refractivity contribution < 1.29 is 24.7 Å². The Morgan fingerprint density at radius 3 is 2.10 bits per heavy atom. The first-order chi connectivity index (χ1) is 10.2. The van der Waals surface area contributed by atoms with Crippen LogP contribution in [0.3, 0.4) is 0 Å². The average Bonchev–Trinajstić information content (AvgIpc) is 2.47. The molecular weight excluding hydrogens is 270 g/mol. The van der Waals surface area contributed by atoms with Crippen LogP contribution in [-0.2, 0) is 14.3 Å². The average molecular weight is 303 g/mol. The van der Waals surface area contributed by atoms with Gasteiger partial charge in [-0.15, -0.1) is 0 Å². The third kappa shape index (κ3) is 28.1. The molecule has 0 bridgehead atoms. The van der Waals surface area contributed by atoms with Crippen molar-refractivity contribution in [1.82, 2.24) is 0 Å². The second kappa shape index (κ2) is 21.4. The fraction of sp³-hybridized carbons (Fsp3) is 0.812. The molecule has 0 aromatic rings. The van der Waals surface area contributed by atoms with E-state index in [-0.39, 0.29) is 0 Å². The quantitative estimate of drug-likeness (QED) is 0.397. The summed E-state index contributed by atoms with van der Waals surface area (Å²) in [6.45, 7) is 5.88. The van der Waals surface area contributed by atoms with Crippen molar-refractivity contribution in [1.29, 1.82) is 0 Å². The Labute approximate surface area is 129 Å². The largest absolute Gasteiger partial charge is 0.545 e. The zero-order valence-corrected chi connectivity index (χ0v) is 13.9. The van der Waals surface area contributed by atoms with Crippen LogP contribution >= 0.6 is 0 Å². The number of carbonyl (C=O) groups excluding carboxylic acids is 1. The number of carboxylic acid groups (broad SMARTS) is 1. The van der Waals surface area contributed by atoms with E-state index in [0.717, 1.165) is 45.2 Å². The number of carboxylic acids is 1. The van der Waals surface area contributed by atoms with Gasteiger partial charge in [0.2, 0.25) is 0 Å². The van der Waals surface area contributed by atoms with Gasteiger partial charge in [-0.2, -0.15) is 0 Å². The number of methoxy groups -OCH3 is 2. The molecule has 0 aliphatic heterocycles. The van der Waals surface area contributed by atoms with Gasteiger partial charge in [0.15, 0.2) is 0 Å². The van der Waals surface area contributed by atoms with Crippen molar-refractivity contribution >= 4 is 5.97 Å². The predicted octanol–water partition coefficient (Wildman–Crippen LogP) is 0.496. The molecule has 0 rings (SSSR count). The molecule has 0 fully saturated rings. The van der Waals surface area contributed by atoms with Crippen LogP contribution in [0.1, 0.15) is 45.4 Å². The summed E-state index contributed by atoms with van der Waals surface area (Å²) < 4.78 is 9.70. The molecule has 0 heterocycles. The van der Waals surface area contributed by atoms with Crippen LogP contribution in [0.2, 0.25) is 0 Å². The van der Waals surface area contributed by atoms with Crippen LogP contribution in [0.25, 0.3) is 0 Å². The highest BCUT2D eigenvalue weighted by Crippen LogP contribution is 2.04. The number of allylic oxidation sites excluding steroid dienone is 1. The number of ether oxygens (including phenoxy) is 2. The lowest BCUT2D eigenvalue weighted by Gasteiger charge is -1.98. The second-order valence-electron chi connectivity index (χ2n) is 4.78. The van der Waals surface area contributed by atoms with Crippen LogP contribution < -0.4 is 10.4 Å². The van der Waals surface area contributed by atoms with Crippen LogP contribution in [0.15, 0.2) is 12.2 Å². The van der Waals surface area contributed by atoms with Crippen molar-refractivity contribution in [2.45, 2.75) is 45.4 Å². The molecule has 21 heavy (non-hydrogen) atoms. The topological polar surface area (TPSA) is 75.2 Å². The van der Waals surface area contributed by atoms with E-state index in [4.69, 9.17) is 9.47 Å². The van der Waals surface area contributed by atoms with Gasteiger partial charge in [-0.25, -0.2) is 0 Å². The molecule has 0 saturated carbocycles. The molecule has 5 heteroatoms. The van der Waals surface area contributed by atoms with Gasteiger partial charge in [0.1, 0.15) is 0 Å². The monoisotopic (exact) mass is 303 g/mol. The minimum absolute atomic E-state index is 0.823. The second-order valence-corrected chi connectivity index (χ2v) is 4.78. The highest BCUT2D eigenvalue weighted by Gasteiger charge is 1.87. The summed E-state index contributed by atoms with van der Waals surface area (Å²) in [6.07, 6.45) is 9.71. The molecule has 0 spiro atoms. The maximum atomic E-state index is 9.94. The number of rotatable bonds is 13. The zero-order valence-electron chi connectivity index (χ0n) is 13.9. The maximum absolute atomic E-state index is 9.94. The summed E-state index contributed by atoms with van der Waals surface area (Å²) >= 11 is 0. The van der Waals surface area contributed by atoms with E-state index < -0.39 is 5.97 Å². The molecule has 0 unspecified atom stereocenters. The molecule has 0 aliphatic rings.